The van der Waals surface area contributed by atoms with Gasteiger partial charge in [-0.2, -0.15) is 0 Å². The van der Waals surface area contributed by atoms with Crippen molar-refractivity contribution in [1.82, 2.24) is 0 Å². The zero-order valence-electron chi connectivity index (χ0n) is 10.9. The van der Waals surface area contributed by atoms with Crippen LogP contribution in [0.4, 0.5) is 0 Å². The standard InChI is InChI=1S/C14H18O5/c1-7-3-4-8-11(10(7)17)19-14(6-15)12(18)9(16)5-13(8,14)2/h3-4,9,12,15-18H,5-6H2,1-2H3. The first-order valence-corrected chi connectivity index (χ1v) is 6.36. The number of fused-ring (bicyclic) bond motifs is 3. The highest BCUT2D eigenvalue weighted by Crippen LogP contribution is 2.60. The number of rotatable bonds is 1. The largest absolute Gasteiger partial charge is 0.504 e. The highest BCUT2D eigenvalue weighted by molar-refractivity contribution is 5.59. The van der Waals surface area contributed by atoms with Crippen LogP contribution >= 0.6 is 0 Å². The zero-order chi connectivity index (χ0) is 14.0. The van der Waals surface area contributed by atoms with Crippen LogP contribution in [0.1, 0.15) is 24.5 Å². The third kappa shape index (κ3) is 1.25. The van der Waals surface area contributed by atoms with Gasteiger partial charge in [0.25, 0.3) is 0 Å². The first kappa shape index (κ1) is 12.7. The summed E-state index contributed by atoms with van der Waals surface area (Å²) >= 11 is 0. The second kappa shape index (κ2) is 3.62. The molecule has 3 rings (SSSR count). The van der Waals surface area contributed by atoms with Gasteiger partial charge in [0.1, 0.15) is 6.10 Å². The number of ether oxygens (including phenoxy) is 1. The molecule has 0 amide bonds. The van der Waals surface area contributed by atoms with Gasteiger partial charge in [0.2, 0.25) is 0 Å². The lowest BCUT2D eigenvalue weighted by atomic mass is 9.72. The predicted molar refractivity (Wildman–Crippen MR) is 67.3 cm³/mol. The van der Waals surface area contributed by atoms with Gasteiger partial charge in [0.15, 0.2) is 17.1 Å². The summed E-state index contributed by atoms with van der Waals surface area (Å²) in [7, 11) is 0. The molecule has 4 atom stereocenters. The third-order valence-electron chi connectivity index (χ3n) is 4.84. The molecule has 0 bridgehead atoms. The number of hydrogen-bond acceptors (Lipinski definition) is 5. The van der Waals surface area contributed by atoms with Gasteiger partial charge in [-0.3, -0.25) is 0 Å². The van der Waals surface area contributed by atoms with E-state index in [2.05, 4.69) is 0 Å². The summed E-state index contributed by atoms with van der Waals surface area (Å²) in [5, 5.41) is 39.9. The highest BCUT2D eigenvalue weighted by Gasteiger charge is 2.68. The minimum atomic E-state index is -1.29. The van der Waals surface area contributed by atoms with E-state index in [0.717, 1.165) is 5.56 Å². The normalized spacial score (nSPS) is 39.8. The van der Waals surface area contributed by atoms with Gasteiger partial charge in [-0.05, 0) is 18.9 Å². The van der Waals surface area contributed by atoms with E-state index in [0.29, 0.717) is 11.3 Å². The molecule has 19 heavy (non-hydrogen) atoms. The minimum absolute atomic E-state index is 0.0302. The monoisotopic (exact) mass is 266 g/mol. The quantitative estimate of drug-likeness (QED) is 0.583. The highest BCUT2D eigenvalue weighted by atomic mass is 16.5. The van der Waals surface area contributed by atoms with Crippen LogP contribution in [-0.2, 0) is 5.41 Å². The van der Waals surface area contributed by atoms with Crippen molar-refractivity contribution in [3.05, 3.63) is 23.3 Å². The molecule has 2 aliphatic rings. The first-order chi connectivity index (χ1) is 8.87. The molecule has 1 aliphatic carbocycles. The number of phenols is 1. The lowest BCUT2D eigenvalue weighted by Gasteiger charge is -2.36. The Balaban J connectivity index is 2.24. The summed E-state index contributed by atoms with van der Waals surface area (Å²) in [4.78, 5) is 0. The smallest absolute Gasteiger partial charge is 0.170 e. The van der Waals surface area contributed by atoms with Gasteiger partial charge < -0.3 is 25.2 Å². The van der Waals surface area contributed by atoms with Crippen molar-refractivity contribution in [2.24, 2.45) is 0 Å². The summed E-state index contributed by atoms with van der Waals surface area (Å²) < 4.78 is 5.75. The molecule has 5 heteroatoms. The van der Waals surface area contributed by atoms with E-state index >= 15 is 0 Å². The average Bonchev–Trinajstić information content (AvgIpc) is 2.73. The molecular weight excluding hydrogens is 248 g/mol. The molecule has 4 N–H and O–H groups in total. The van der Waals surface area contributed by atoms with Gasteiger partial charge in [-0.1, -0.05) is 19.1 Å². The van der Waals surface area contributed by atoms with Crippen molar-refractivity contribution in [2.45, 2.75) is 43.5 Å². The molecule has 1 fully saturated rings. The van der Waals surface area contributed by atoms with Crippen LogP contribution in [0.5, 0.6) is 11.5 Å². The fourth-order valence-corrected chi connectivity index (χ4v) is 3.54. The number of hydrogen-bond donors (Lipinski definition) is 4. The number of benzene rings is 1. The maximum Gasteiger partial charge on any atom is 0.170 e. The number of aryl methyl sites for hydroxylation is 1. The van der Waals surface area contributed by atoms with Crippen molar-refractivity contribution >= 4 is 0 Å². The number of phenolic OH excluding ortho intramolecular Hbond substituents is 1. The van der Waals surface area contributed by atoms with Crippen LogP contribution in [0.25, 0.3) is 0 Å². The van der Waals surface area contributed by atoms with Crippen LogP contribution in [0.3, 0.4) is 0 Å². The zero-order valence-corrected chi connectivity index (χ0v) is 10.9. The lowest BCUT2D eigenvalue weighted by molar-refractivity contribution is -0.104. The SMILES string of the molecule is Cc1ccc2c(c1O)OC1(CO)C(O)C(O)CC21C. The van der Waals surface area contributed by atoms with Crippen LogP contribution in [0.2, 0.25) is 0 Å². The van der Waals surface area contributed by atoms with Crippen molar-refractivity contribution in [2.75, 3.05) is 6.61 Å². The molecule has 104 valence electrons. The summed E-state index contributed by atoms with van der Waals surface area (Å²) in [6.07, 6.45) is -1.85. The maximum atomic E-state index is 10.2. The summed E-state index contributed by atoms with van der Waals surface area (Å²) in [5.41, 5.74) is -0.619. The second-order valence-electron chi connectivity index (χ2n) is 5.81. The van der Waals surface area contributed by atoms with Gasteiger partial charge >= 0.3 is 0 Å². The molecule has 1 aliphatic heterocycles. The molecule has 1 heterocycles. The van der Waals surface area contributed by atoms with Crippen molar-refractivity contribution in [1.29, 1.82) is 0 Å². The van der Waals surface area contributed by atoms with E-state index in [1.807, 2.05) is 13.0 Å². The van der Waals surface area contributed by atoms with E-state index in [1.165, 1.54) is 0 Å². The van der Waals surface area contributed by atoms with E-state index in [-0.39, 0.29) is 12.2 Å². The van der Waals surface area contributed by atoms with Gasteiger partial charge in [0.05, 0.1) is 12.7 Å². The van der Waals surface area contributed by atoms with Crippen molar-refractivity contribution < 1.29 is 25.2 Å². The minimum Gasteiger partial charge on any atom is -0.504 e. The van der Waals surface area contributed by atoms with Gasteiger partial charge in [0, 0.05) is 11.0 Å². The Morgan fingerprint density at radius 2 is 2.05 bits per heavy atom. The predicted octanol–water partition coefficient (Wildman–Crippen LogP) is 0.207. The Hall–Kier alpha value is -1.30. The fraction of sp³-hybridized carbons (Fsp3) is 0.571. The molecule has 1 saturated carbocycles. The molecule has 4 unspecified atom stereocenters. The number of aliphatic hydroxyl groups is 3. The topological polar surface area (TPSA) is 90.2 Å². The molecular formula is C14H18O5. The lowest BCUT2D eigenvalue weighted by Crippen LogP contribution is -2.56. The van der Waals surface area contributed by atoms with Crippen LogP contribution in [0.15, 0.2) is 12.1 Å². The summed E-state index contributed by atoms with van der Waals surface area (Å²) in [5.74, 6) is 0.338. The molecule has 0 aromatic heterocycles. The Morgan fingerprint density at radius 3 is 2.68 bits per heavy atom. The van der Waals surface area contributed by atoms with E-state index in [1.54, 1.807) is 13.0 Å². The molecule has 0 saturated heterocycles. The molecule has 0 spiro atoms. The van der Waals surface area contributed by atoms with Crippen LogP contribution < -0.4 is 4.74 Å². The van der Waals surface area contributed by atoms with Crippen molar-refractivity contribution in [3.63, 3.8) is 0 Å². The Bertz CT molecular complexity index is 543. The first-order valence-electron chi connectivity index (χ1n) is 6.36. The molecule has 0 radical (unpaired) electrons. The molecule has 1 aromatic carbocycles. The summed E-state index contributed by atoms with van der Waals surface area (Å²) in [6.45, 7) is 3.17. The van der Waals surface area contributed by atoms with Crippen LogP contribution in [0, 0.1) is 6.92 Å². The van der Waals surface area contributed by atoms with E-state index in [4.69, 9.17) is 4.74 Å². The molecule has 5 nitrogen and oxygen atoms in total. The number of aromatic hydroxyl groups is 1. The van der Waals surface area contributed by atoms with E-state index < -0.39 is 29.8 Å². The second-order valence-corrected chi connectivity index (χ2v) is 5.81. The van der Waals surface area contributed by atoms with Crippen molar-refractivity contribution in [3.8, 4) is 11.5 Å². The van der Waals surface area contributed by atoms with E-state index in [9.17, 15) is 20.4 Å². The van der Waals surface area contributed by atoms with Crippen LogP contribution in [-0.4, -0.2) is 44.8 Å². The maximum absolute atomic E-state index is 10.2. The van der Waals surface area contributed by atoms with Gasteiger partial charge in [-0.25, -0.2) is 0 Å². The Labute approximate surface area is 111 Å². The Morgan fingerprint density at radius 1 is 1.37 bits per heavy atom. The average molecular weight is 266 g/mol. The summed E-state index contributed by atoms with van der Waals surface area (Å²) in [6, 6.07) is 3.60. The van der Waals surface area contributed by atoms with Gasteiger partial charge in [-0.15, -0.1) is 0 Å². The fourth-order valence-electron chi connectivity index (χ4n) is 3.54. The molecule has 1 aromatic rings. The Kier molecular flexibility index (Phi) is 2.43. The third-order valence-corrected chi connectivity index (χ3v) is 4.84. The number of aliphatic hydroxyl groups excluding tert-OH is 3.